The number of likely N-dealkylation sites (tertiary alicyclic amines) is 1. The van der Waals surface area contributed by atoms with Gasteiger partial charge in [0, 0.05) is 33.0 Å². The Morgan fingerprint density at radius 3 is 2.85 bits per heavy atom. The van der Waals surface area contributed by atoms with Crippen LogP contribution < -0.4 is 0 Å². The molecule has 0 spiro atoms. The number of hydrogen-bond acceptors (Lipinski definition) is 3. The third-order valence-electron chi connectivity index (χ3n) is 3.47. The summed E-state index contributed by atoms with van der Waals surface area (Å²) in [5.41, 5.74) is 0.0334. The minimum Gasteiger partial charge on any atom is -0.341 e. The van der Waals surface area contributed by atoms with Crippen molar-refractivity contribution in [3.8, 4) is 0 Å². The maximum absolute atomic E-state index is 11.2. The molecule has 4 heteroatoms. The van der Waals surface area contributed by atoms with E-state index in [1.165, 1.54) is 0 Å². The molecule has 2 heterocycles. The van der Waals surface area contributed by atoms with Crippen molar-refractivity contribution in [1.29, 1.82) is 0 Å². The number of amides is 1. The van der Waals surface area contributed by atoms with E-state index in [0.717, 1.165) is 19.7 Å². The standard InChI is InChI=1S/C9H16N2O2/c1-7(12)11-4-8-5-13-10(3)9(8,2)6-11/h8H,4-6H2,1-3H3. The van der Waals surface area contributed by atoms with Gasteiger partial charge in [0.1, 0.15) is 0 Å². The van der Waals surface area contributed by atoms with Crippen molar-refractivity contribution < 1.29 is 9.63 Å². The molecule has 2 unspecified atom stereocenters. The lowest BCUT2D eigenvalue weighted by atomic mass is 9.91. The summed E-state index contributed by atoms with van der Waals surface area (Å²) in [6.45, 7) is 6.18. The third kappa shape index (κ3) is 1.16. The lowest BCUT2D eigenvalue weighted by Gasteiger charge is -2.29. The van der Waals surface area contributed by atoms with Crippen molar-refractivity contribution in [1.82, 2.24) is 9.96 Å². The summed E-state index contributed by atoms with van der Waals surface area (Å²) >= 11 is 0. The van der Waals surface area contributed by atoms with Gasteiger partial charge in [0.2, 0.25) is 5.91 Å². The Morgan fingerprint density at radius 2 is 2.31 bits per heavy atom. The second-order valence-electron chi connectivity index (χ2n) is 4.25. The zero-order valence-corrected chi connectivity index (χ0v) is 8.41. The first kappa shape index (κ1) is 8.97. The van der Waals surface area contributed by atoms with E-state index in [4.69, 9.17) is 4.84 Å². The summed E-state index contributed by atoms with van der Waals surface area (Å²) in [5, 5.41) is 1.90. The lowest BCUT2D eigenvalue weighted by molar-refractivity contribution is -0.146. The maximum atomic E-state index is 11.2. The van der Waals surface area contributed by atoms with Crippen molar-refractivity contribution in [2.75, 3.05) is 26.7 Å². The summed E-state index contributed by atoms with van der Waals surface area (Å²) in [4.78, 5) is 18.5. The molecule has 2 aliphatic heterocycles. The van der Waals surface area contributed by atoms with Crippen molar-refractivity contribution in [3.63, 3.8) is 0 Å². The zero-order chi connectivity index (χ0) is 9.64. The van der Waals surface area contributed by atoms with Gasteiger partial charge in [0.05, 0.1) is 12.1 Å². The van der Waals surface area contributed by atoms with Gasteiger partial charge < -0.3 is 4.90 Å². The van der Waals surface area contributed by atoms with E-state index < -0.39 is 0 Å². The molecule has 1 amide bonds. The van der Waals surface area contributed by atoms with Gasteiger partial charge in [0.15, 0.2) is 0 Å². The Hall–Kier alpha value is -0.610. The van der Waals surface area contributed by atoms with Gasteiger partial charge >= 0.3 is 0 Å². The Bertz CT molecular complexity index is 244. The van der Waals surface area contributed by atoms with Crippen molar-refractivity contribution in [2.45, 2.75) is 19.4 Å². The molecule has 0 aliphatic carbocycles. The van der Waals surface area contributed by atoms with Crippen molar-refractivity contribution in [3.05, 3.63) is 0 Å². The van der Waals surface area contributed by atoms with Crippen LogP contribution >= 0.6 is 0 Å². The number of hydrogen-bond donors (Lipinski definition) is 0. The largest absolute Gasteiger partial charge is 0.341 e. The number of fused-ring (bicyclic) bond motifs is 1. The van der Waals surface area contributed by atoms with E-state index in [1.807, 2.05) is 17.0 Å². The van der Waals surface area contributed by atoms with Crippen LogP contribution in [0.3, 0.4) is 0 Å². The van der Waals surface area contributed by atoms with E-state index in [2.05, 4.69) is 6.92 Å². The van der Waals surface area contributed by atoms with Crippen LogP contribution in [0.5, 0.6) is 0 Å². The summed E-state index contributed by atoms with van der Waals surface area (Å²) in [6.07, 6.45) is 0. The number of hydroxylamine groups is 2. The highest BCUT2D eigenvalue weighted by Gasteiger charge is 2.51. The molecule has 0 bridgehead atoms. The fraction of sp³-hybridized carbons (Fsp3) is 0.889. The summed E-state index contributed by atoms with van der Waals surface area (Å²) in [5.74, 6) is 0.644. The molecule has 0 N–H and O–H groups in total. The normalized spacial score (nSPS) is 39.6. The second kappa shape index (κ2) is 2.69. The average Bonchev–Trinajstić information content (AvgIpc) is 2.50. The molecule has 0 aromatic heterocycles. The van der Waals surface area contributed by atoms with Crippen LogP contribution in [-0.2, 0) is 9.63 Å². The molecule has 0 radical (unpaired) electrons. The molecule has 2 aliphatic rings. The second-order valence-corrected chi connectivity index (χ2v) is 4.25. The van der Waals surface area contributed by atoms with E-state index in [-0.39, 0.29) is 11.4 Å². The van der Waals surface area contributed by atoms with Gasteiger partial charge in [-0.15, -0.1) is 0 Å². The molecule has 4 nitrogen and oxygen atoms in total. The Labute approximate surface area is 78.4 Å². The highest BCUT2D eigenvalue weighted by Crippen LogP contribution is 2.37. The Balaban J connectivity index is 2.16. The van der Waals surface area contributed by atoms with E-state index in [1.54, 1.807) is 6.92 Å². The first-order chi connectivity index (χ1) is 6.04. The average molecular weight is 184 g/mol. The van der Waals surface area contributed by atoms with Gasteiger partial charge in [-0.25, -0.2) is 0 Å². The first-order valence-corrected chi connectivity index (χ1v) is 4.66. The van der Waals surface area contributed by atoms with Crippen molar-refractivity contribution >= 4 is 5.91 Å². The van der Waals surface area contributed by atoms with Gasteiger partial charge in [-0.3, -0.25) is 9.63 Å². The maximum Gasteiger partial charge on any atom is 0.219 e. The van der Waals surface area contributed by atoms with Crippen LogP contribution in [0.25, 0.3) is 0 Å². The molecule has 2 saturated heterocycles. The predicted octanol–water partition coefficient (Wildman–Crippen LogP) is 0.100. The molecule has 2 fully saturated rings. The summed E-state index contributed by atoms with van der Waals surface area (Å²) < 4.78 is 0. The predicted molar refractivity (Wildman–Crippen MR) is 47.9 cm³/mol. The fourth-order valence-corrected chi connectivity index (χ4v) is 2.22. The number of nitrogens with zero attached hydrogens (tertiary/aromatic N) is 2. The summed E-state index contributed by atoms with van der Waals surface area (Å²) in [7, 11) is 1.95. The summed E-state index contributed by atoms with van der Waals surface area (Å²) in [6, 6.07) is 0. The van der Waals surface area contributed by atoms with Gasteiger partial charge in [0.25, 0.3) is 0 Å². The molecule has 2 atom stereocenters. The van der Waals surface area contributed by atoms with Crippen LogP contribution in [0.1, 0.15) is 13.8 Å². The molecule has 0 saturated carbocycles. The number of carbonyl (C=O) groups excluding carboxylic acids is 1. The van der Waals surface area contributed by atoms with Gasteiger partial charge in [-0.05, 0) is 6.92 Å². The van der Waals surface area contributed by atoms with E-state index >= 15 is 0 Å². The highest BCUT2D eigenvalue weighted by atomic mass is 16.7. The van der Waals surface area contributed by atoms with E-state index in [0.29, 0.717) is 5.92 Å². The zero-order valence-electron chi connectivity index (χ0n) is 8.41. The van der Waals surface area contributed by atoms with Gasteiger partial charge in [-0.2, -0.15) is 5.06 Å². The van der Waals surface area contributed by atoms with Crippen LogP contribution in [0, 0.1) is 5.92 Å². The van der Waals surface area contributed by atoms with Crippen LogP contribution in [0.4, 0.5) is 0 Å². The van der Waals surface area contributed by atoms with Crippen LogP contribution in [0.2, 0.25) is 0 Å². The number of rotatable bonds is 0. The number of likely N-dealkylation sites (N-methyl/N-ethyl adjacent to an activating group) is 1. The number of carbonyl (C=O) groups is 1. The van der Waals surface area contributed by atoms with E-state index in [9.17, 15) is 4.79 Å². The molecular formula is C9H16N2O2. The van der Waals surface area contributed by atoms with Crippen molar-refractivity contribution in [2.24, 2.45) is 5.92 Å². The topological polar surface area (TPSA) is 32.8 Å². The smallest absolute Gasteiger partial charge is 0.219 e. The third-order valence-corrected chi connectivity index (χ3v) is 3.47. The van der Waals surface area contributed by atoms with Crippen LogP contribution in [-0.4, -0.2) is 48.2 Å². The minimum absolute atomic E-state index is 0.0334. The Morgan fingerprint density at radius 1 is 1.62 bits per heavy atom. The Kier molecular flexibility index (Phi) is 1.85. The monoisotopic (exact) mass is 184 g/mol. The van der Waals surface area contributed by atoms with Gasteiger partial charge in [-0.1, -0.05) is 0 Å². The molecule has 74 valence electrons. The first-order valence-electron chi connectivity index (χ1n) is 4.66. The quantitative estimate of drug-likeness (QED) is 0.535. The lowest BCUT2D eigenvalue weighted by Crippen LogP contribution is -2.44. The SMILES string of the molecule is CC(=O)N1CC2CON(C)C2(C)C1. The minimum atomic E-state index is 0.0334. The molecular weight excluding hydrogens is 168 g/mol. The molecule has 2 rings (SSSR count). The van der Waals surface area contributed by atoms with Crippen LogP contribution in [0.15, 0.2) is 0 Å². The fourth-order valence-electron chi connectivity index (χ4n) is 2.22. The molecule has 0 aromatic carbocycles. The highest BCUT2D eigenvalue weighted by molar-refractivity contribution is 5.73. The molecule has 0 aromatic rings. The molecule has 13 heavy (non-hydrogen) atoms.